The van der Waals surface area contributed by atoms with Crippen molar-refractivity contribution in [2.24, 2.45) is 0 Å². The molecule has 1 aliphatic heterocycles. The molecule has 35 heavy (non-hydrogen) atoms. The number of hydrogen-bond acceptors (Lipinski definition) is 4. The Kier molecular flexibility index (Phi) is 7.25. The molecule has 0 spiro atoms. The minimum Gasteiger partial charge on any atom is -0.368 e. The number of piperazine rings is 1. The van der Waals surface area contributed by atoms with Crippen molar-refractivity contribution in [1.29, 1.82) is 0 Å². The van der Waals surface area contributed by atoms with Gasteiger partial charge >= 0.3 is 0 Å². The van der Waals surface area contributed by atoms with Crippen molar-refractivity contribution in [2.45, 2.75) is 69.9 Å². The number of amides is 1. The van der Waals surface area contributed by atoms with Crippen LogP contribution in [0.4, 0.5) is 10.1 Å². The fraction of sp³-hybridized carbons (Fsp3) is 0.519. The Morgan fingerprint density at radius 1 is 1.06 bits per heavy atom. The van der Waals surface area contributed by atoms with Gasteiger partial charge in [-0.1, -0.05) is 45.4 Å². The van der Waals surface area contributed by atoms with Gasteiger partial charge < -0.3 is 9.80 Å². The molecule has 0 bridgehead atoms. The Morgan fingerprint density at radius 3 is 2.29 bits per heavy atom. The third-order valence-electron chi connectivity index (χ3n) is 7.24. The van der Waals surface area contributed by atoms with E-state index in [0.717, 1.165) is 30.5 Å². The Balaban J connectivity index is 1.56. The second-order valence-electron chi connectivity index (χ2n) is 10.7. The van der Waals surface area contributed by atoms with Crippen LogP contribution in [0.25, 0.3) is 0 Å². The second-order valence-corrected chi connectivity index (χ2v) is 12.6. The van der Waals surface area contributed by atoms with Crippen molar-refractivity contribution in [2.75, 3.05) is 31.1 Å². The Hall–Kier alpha value is -2.45. The average Bonchev–Trinajstić information content (AvgIpc) is 2.78. The Bertz CT molecular complexity index is 1180. The molecule has 0 atom stereocenters. The molecule has 4 rings (SSSR count). The molecule has 1 saturated heterocycles. The molecule has 2 aromatic rings. The van der Waals surface area contributed by atoms with E-state index < -0.39 is 15.8 Å². The molecule has 2 aromatic carbocycles. The van der Waals surface area contributed by atoms with Crippen LogP contribution < -0.4 is 4.90 Å². The quantitative estimate of drug-likeness (QED) is 0.583. The molecule has 190 valence electrons. The van der Waals surface area contributed by atoms with Gasteiger partial charge in [-0.2, -0.15) is 4.31 Å². The van der Waals surface area contributed by atoms with Gasteiger partial charge in [-0.15, -0.1) is 0 Å². The summed E-state index contributed by atoms with van der Waals surface area (Å²) >= 11 is 0. The highest BCUT2D eigenvalue weighted by molar-refractivity contribution is 7.89. The molecule has 0 unspecified atom stereocenters. The number of benzene rings is 2. The molecule has 1 heterocycles. The van der Waals surface area contributed by atoms with Crippen molar-refractivity contribution in [3.63, 3.8) is 0 Å². The summed E-state index contributed by atoms with van der Waals surface area (Å²) < 4.78 is 44.2. The second kappa shape index (κ2) is 9.90. The zero-order chi connectivity index (χ0) is 25.4. The lowest BCUT2D eigenvalue weighted by Gasteiger charge is -2.37. The highest BCUT2D eigenvalue weighted by Gasteiger charge is 2.36. The molecule has 8 heteroatoms. The zero-order valence-electron chi connectivity index (χ0n) is 21.1. The SMILES string of the molecule is CC(=O)N1CCN(c2ccc(CN(C3CCC3)S(=O)(=O)c3cccc(C(C)(C)C)c3)c(F)c2)CC1. The summed E-state index contributed by atoms with van der Waals surface area (Å²) in [5, 5.41) is 0. The van der Waals surface area contributed by atoms with Gasteiger partial charge in [-0.3, -0.25) is 4.79 Å². The third-order valence-corrected chi connectivity index (χ3v) is 9.14. The van der Waals surface area contributed by atoms with Crippen LogP contribution in [0.5, 0.6) is 0 Å². The van der Waals surface area contributed by atoms with E-state index >= 15 is 4.39 Å². The molecule has 0 N–H and O–H groups in total. The van der Waals surface area contributed by atoms with Gasteiger partial charge in [0.25, 0.3) is 0 Å². The first-order valence-corrected chi connectivity index (χ1v) is 13.8. The van der Waals surface area contributed by atoms with Gasteiger partial charge in [-0.05, 0) is 48.1 Å². The van der Waals surface area contributed by atoms with Crippen molar-refractivity contribution in [3.8, 4) is 0 Å². The van der Waals surface area contributed by atoms with E-state index in [0.29, 0.717) is 31.7 Å². The van der Waals surface area contributed by atoms with E-state index in [1.807, 2.05) is 12.1 Å². The Labute approximate surface area is 208 Å². The highest BCUT2D eigenvalue weighted by Crippen LogP contribution is 2.34. The van der Waals surface area contributed by atoms with Crippen LogP contribution in [0.3, 0.4) is 0 Å². The molecule has 2 aliphatic rings. The normalized spacial score (nSPS) is 17.5. The first-order chi connectivity index (χ1) is 16.5. The predicted octanol–water partition coefficient (Wildman–Crippen LogP) is 4.54. The van der Waals surface area contributed by atoms with Gasteiger partial charge in [0.15, 0.2) is 0 Å². The maximum Gasteiger partial charge on any atom is 0.243 e. The number of hydrogen-bond donors (Lipinski definition) is 0. The third kappa shape index (κ3) is 5.54. The first-order valence-electron chi connectivity index (χ1n) is 12.4. The Morgan fingerprint density at radius 2 is 1.74 bits per heavy atom. The summed E-state index contributed by atoms with van der Waals surface area (Å²) in [6, 6.07) is 12.1. The van der Waals surface area contributed by atoms with Crippen LogP contribution >= 0.6 is 0 Å². The highest BCUT2D eigenvalue weighted by atomic mass is 32.2. The summed E-state index contributed by atoms with van der Waals surface area (Å²) in [4.78, 5) is 15.7. The topological polar surface area (TPSA) is 60.9 Å². The van der Waals surface area contributed by atoms with Crippen LogP contribution in [0, 0.1) is 5.82 Å². The minimum absolute atomic E-state index is 0.0109. The van der Waals surface area contributed by atoms with E-state index in [2.05, 4.69) is 25.7 Å². The maximum atomic E-state index is 15.3. The van der Waals surface area contributed by atoms with Gasteiger partial charge in [0, 0.05) is 56.9 Å². The lowest BCUT2D eigenvalue weighted by atomic mass is 9.87. The van der Waals surface area contributed by atoms with E-state index in [-0.39, 0.29) is 28.8 Å². The summed E-state index contributed by atoms with van der Waals surface area (Å²) in [6.45, 7) is 10.2. The smallest absolute Gasteiger partial charge is 0.243 e. The van der Waals surface area contributed by atoms with Crippen molar-refractivity contribution in [1.82, 2.24) is 9.21 Å². The lowest BCUT2D eigenvalue weighted by molar-refractivity contribution is -0.129. The molecule has 6 nitrogen and oxygen atoms in total. The lowest BCUT2D eigenvalue weighted by Crippen LogP contribution is -2.48. The van der Waals surface area contributed by atoms with Crippen molar-refractivity contribution < 1.29 is 17.6 Å². The summed E-state index contributed by atoms with van der Waals surface area (Å²) in [6.07, 6.45) is 2.56. The number of halogens is 1. The number of rotatable bonds is 6. The largest absolute Gasteiger partial charge is 0.368 e. The van der Waals surface area contributed by atoms with Crippen molar-refractivity contribution in [3.05, 3.63) is 59.4 Å². The number of carbonyl (C=O) groups is 1. The number of anilines is 1. The monoisotopic (exact) mass is 501 g/mol. The van der Waals surface area contributed by atoms with E-state index in [1.165, 1.54) is 10.4 Å². The van der Waals surface area contributed by atoms with Crippen LogP contribution in [-0.4, -0.2) is 55.8 Å². The van der Waals surface area contributed by atoms with E-state index in [4.69, 9.17) is 0 Å². The average molecular weight is 502 g/mol. The molecule has 2 fully saturated rings. The van der Waals surface area contributed by atoms with E-state index in [1.54, 1.807) is 36.1 Å². The first kappa shape index (κ1) is 25.6. The summed E-state index contributed by atoms with van der Waals surface area (Å²) in [5.74, 6) is -0.351. The number of nitrogens with zero attached hydrogens (tertiary/aromatic N) is 3. The van der Waals surface area contributed by atoms with E-state index in [9.17, 15) is 13.2 Å². The van der Waals surface area contributed by atoms with Crippen molar-refractivity contribution >= 4 is 21.6 Å². The van der Waals surface area contributed by atoms with Gasteiger partial charge in [0.05, 0.1) is 4.90 Å². The number of carbonyl (C=O) groups excluding carboxylic acids is 1. The maximum absolute atomic E-state index is 15.3. The van der Waals surface area contributed by atoms with Gasteiger partial charge in [-0.25, -0.2) is 12.8 Å². The van der Waals surface area contributed by atoms with Gasteiger partial charge in [0.1, 0.15) is 5.82 Å². The van der Waals surface area contributed by atoms with Gasteiger partial charge in [0.2, 0.25) is 15.9 Å². The standard InChI is InChI=1S/C27H36FN3O3S/c1-20(32)29-13-15-30(16-14-29)24-12-11-21(26(28)18-24)19-31(23-8-6-9-23)35(33,34)25-10-5-7-22(17-25)27(2,3)4/h5,7,10-12,17-18,23H,6,8-9,13-16,19H2,1-4H3. The van der Waals surface area contributed by atoms with Crippen LogP contribution in [0.1, 0.15) is 58.1 Å². The van der Waals surface area contributed by atoms with Crippen LogP contribution in [-0.2, 0) is 26.8 Å². The molecular weight excluding hydrogens is 465 g/mol. The fourth-order valence-corrected chi connectivity index (χ4v) is 6.36. The predicted molar refractivity (Wildman–Crippen MR) is 136 cm³/mol. The minimum atomic E-state index is -3.78. The zero-order valence-corrected chi connectivity index (χ0v) is 21.9. The summed E-state index contributed by atoms with van der Waals surface area (Å²) in [7, 11) is -3.78. The number of sulfonamides is 1. The summed E-state index contributed by atoms with van der Waals surface area (Å²) in [5.41, 5.74) is 1.90. The van der Waals surface area contributed by atoms with Crippen LogP contribution in [0.15, 0.2) is 47.4 Å². The molecule has 0 radical (unpaired) electrons. The van der Waals surface area contributed by atoms with Crippen LogP contribution in [0.2, 0.25) is 0 Å². The molecule has 1 aliphatic carbocycles. The molecular formula is C27H36FN3O3S. The molecule has 1 saturated carbocycles. The fourth-order valence-electron chi connectivity index (χ4n) is 4.65. The molecule has 0 aromatic heterocycles. The molecule has 1 amide bonds.